The minimum Gasteiger partial charge on any atom is -0.356 e. The highest BCUT2D eigenvalue weighted by atomic mass is 127. The van der Waals surface area contributed by atoms with Gasteiger partial charge in [0.1, 0.15) is 0 Å². The van der Waals surface area contributed by atoms with Crippen molar-refractivity contribution in [1.29, 1.82) is 0 Å². The minimum atomic E-state index is -3.03. The van der Waals surface area contributed by atoms with E-state index in [0.29, 0.717) is 19.6 Å². The Bertz CT molecular complexity index is 753. The molecule has 0 unspecified atom stereocenters. The maximum absolute atomic E-state index is 11.8. The fourth-order valence-electron chi connectivity index (χ4n) is 3.25. The van der Waals surface area contributed by atoms with Crippen LogP contribution in [0.25, 0.3) is 0 Å². The highest BCUT2D eigenvalue weighted by molar-refractivity contribution is 14.0. The molecule has 1 aliphatic heterocycles. The summed E-state index contributed by atoms with van der Waals surface area (Å²) >= 11 is 3.54. The maximum atomic E-state index is 11.8. The molecule has 1 aromatic carbocycles. The molecule has 0 spiro atoms. The van der Waals surface area contributed by atoms with Gasteiger partial charge in [0.2, 0.25) is 10.0 Å². The zero-order valence-corrected chi connectivity index (χ0v) is 19.6. The van der Waals surface area contributed by atoms with Crippen LogP contribution in [0, 0.1) is 0 Å². The van der Waals surface area contributed by atoms with Crippen molar-refractivity contribution in [2.45, 2.75) is 24.7 Å². The summed E-state index contributed by atoms with van der Waals surface area (Å²) in [6, 6.07) is 8.47. The molecule has 1 heterocycles. The first-order valence-electron chi connectivity index (χ1n) is 8.64. The lowest BCUT2D eigenvalue weighted by Gasteiger charge is -2.20. The minimum absolute atomic E-state index is 0. The standard InChI is InChI=1S/C17H25BrN4O2S.HI/c1-19-16(20-8-10-22-9-3-11-25(22,23)24)21-13-17(6-7-17)14-4-2-5-15(18)12-14;/h2,4-5,12H,3,6-11,13H2,1H3,(H2,19,20,21);1H. The Kier molecular flexibility index (Phi) is 7.75. The van der Waals surface area contributed by atoms with Crippen molar-refractivity contribution in [3.05, 3.63) is 34.3 Å². The molecule has 2 aliphatic rings. The number of rotatable bonds is 6. The van der Waals surface area contributed by atoms with E-state index in [1.54, 1.807) is 11.4 Å². The summed E-state index contributed by atoms with van der Waals surface area (Å²) in [7, 11) is -1.29. The molecule has 1 saturated heterocycles. The van der Waals surface area contributed by atoms with Crippen LogP contribution in [0.15, 0.2) is 33.7 Å². The van der Waals surface area contributed by atoms with Gasteiger partial charge in [-0.1, -0.05) is 28.1 Å². The molecule has 3 rings (SSSR count). The molecule has 26 heavy (non-hydrogen) atoms. The third-order valence-corrected chi connectivity index (χ3v) is 7.41. The van der Waals surface area contributed by atoms with Crippen LogP contribution in [0.4, 0.5) is 0 Å². The number of sulfonamides is 1. The Morgan fingerprint density at radius 1 is 1.35 bits per heavy atom. The number of benzene rings is 1. The quantitative estimate of drug-likeness (QED) is 0.320. The Balaban J connectivity index is 0.00000243. The summed E-state index contributed by atoms with van der Waals surface area (Å²) < 4.78 is 26.3. The van der Waals surface area contributed by atoms with Gasteiger partial charge in [-0.15, -0.1) is 24.0 Å². The van der Waals surface area contributed by atoms with Crippen LogP contribution in [0.5, 0.6) is 0 Å². The van der Waals surface area contributed by atoms with Crippen LogP contribution < -0.4 is 10.6 Å². The Morgan fingerprint density at radius 2 is 2.12 bits per heavy atom. The fraction of sp³-hybridized carbons (Fsp3) is 0.588. The molecule has 0 amide bonds. The van der Waals surface area contributed by atoms with E-state index in [9.17, 15) is 8.42 Å². The monoisotopic (exact) mass is 556 g/mol. The van der Waals surface area contributed by atoms with Crippen LogP contribution in [0.3, 0.4) is 0 Å². The van der Waals surface area contributed by atoms with Crippen molar-refractivity contribution < 1.29 is 8.42 Å². The van der Waals surface area contributed by atoms with Crippen molar-refractivity contribution in [3.63, 3.8) is 0 Å². The highest BCUT2D eigenvalue weighted by Crippen LogP contribution is 2.48. The molecular formula is C17H26BrIN4O2S. The van der Waals surface area contributed by atoms with E-state index in [1.165, 1.54) is 18.4 Å². The van der Waals surface area contributed by atoms with Gasteiger partial charge in [0.05, 0.1) is 5.75 Å². The number of hydrogen-bond acceptors (Lipinski definition) is 3. The van der Waals surface area contributed by atoms with E-state index in [4.69, 9.17) is 0 Å². The van der Waals surface area contributed by atoms with Crippen LogP contribution in [-0.4, -0.2) is 57.7 Å². The number of aliphatic imine (C=N–C) groups is 1. The van der Waals surface area contributed by atoms with Crippen molar-refractivity contribution in [3.8, 4) is 0 Å². The van der Waals surface area contributed by atoms with Crippen LogP contribution in [0.2, 0.25) is 0 Å². The zero-order chi connectivity index (χ0) is 17.9. The molecule has 0 bridgehead atoms. The lowest BCUT2D eigenvalue weighted by atomic mass is 9.96. The molecule has 6 nitrogen and oxygen atoms in total. The maximum Gasteiger partial charge on any atom is 0.214 e. The van der Waals surface area contributed by atoms with Gasteiger partial charge in [0.15, 0.2) is 5.96 Å². The van der Waals surface area contributed by atoms with Gasteiger partial charge < -0.3 is 10.6 Å². The SMILES string of the molecule is CN=C(NCCN1CCCS1(=O)=O)NCC1(c2cccc(Br)c2)CC1.I. The van der Waals surface area contributed by atoms with E-state index in [1.807, 2.05) is 6.07 Å². The average molecular weight is 557 g/mol. The largest absolute Gasteiger partial charge is 0.356 e. The van der Waals surface area contributed by atoms with Crippen molar-refractivity contribution in [1.82, 2.24) is 14.9 Å². The second-order valence-corrected chi connectivity index (χ2v) is 9.72. The van der Waals surface area contributed by atoms with Crippen LogP contribution in [-0.2, 0) is 15.4 Å². The molecule has 1 saturated carbocycles. The first-order valence-corrected chi connectivity index (χ1v) is 11.0. The number of hydrogen-bond donors (Lipinski definition) is 2. The van der Waals surface area contributed by atoms with Crippen molar-refractivity contribution in [2.75, 3.05) is 39.0 Å². The first-order chi connectivity index (χ1) is 12.0. The third kappa shape index (κ3) is 5.32. The molecule has 1 aromatic rings. The second kappa shape index (κ2) is 9.20. The predicted molar refractivity (Wildman–Crippen MR) is 120 cm³/mol. The number of guanidine groups is 1. The topological polar surface area (TPSA) is 73.8 Å². The number of halogens is 2. The third-order valence-electron chi connectivity index (χ3n) is 4.97. The van der Waals surface area contributed by atoms with Crippen molar-refractivity contribution in [2.24, 2.45) is 4.99 Å². The summed E-state index contributed by atoms with van der Waals surface area (Å²) in [5.74, 6) is 0.993. The molecule has 9 heteroatoms. The molecule has 2 fully saturated rings. The zero-order valence-electron chi connectivity index (χ0n) is 14.9. The molecular weight excluding hydrogens is 531 g/mol. The normalized spacial score (nSPS) is 21.1. The average Bonchev–Trinajstić information content (AvgIpc) is 3.30. The fourth-order valence-corrected chi connectivity index (χ4v) is 5.18. The number of nitrogens with one attached hydrogen (secondary N) is 2. The van der Waals surface area contributed by atoms with Gasteiger partial charge >= 0.3 is 0 Å². The van der Waals surface area contributed by atoms with Gasteiger partial charge in [-0.05, 0) is 37.0 Å². The van der Waals surface area contributed by atoms with E-state index < -0.39 is 10.0 Å². The summed E-state index contributed by atoms with van der Waals surface area (Å²) in [6.07, 6.45) is 3.06. The van der Waals surface area contributed by atoms with Crippen molar-refractivity contribution >= 4 is 55.9 Å². The van der Waals surface area contributed by atoms with Gasteiger partial charge in [-0.25, -0.2) is 12.7 Å². The van der Waals surface area contributed by atoms with E-state index in [0.717, 1.165) is 23.4 Å². The van der Waals surface area contributed by atoms with E-state index >= 15 is 0 Å². The van der Waals surface area contributed by atoms with E-state index in [2.05, 4.69) is 49.8 Å². The Labute approximate surface area is 181 Å². The lowest BCUT2D eigenvalue weighted by Crippen LogP contribution is -2.44. The lowest BCUT2D eigenvalue weighted by molar-refractivity contribution is 0.444. The molecule has 0 aromatic heterocycles. The van der Waals surface area contributed by atoms with Crippen LogP contribution in [0.1, 0.15) is 24.8 Å². The molecule has 146 valence electrons. The van der Waals surface area contributed by atoms with Gasteiger partial charge in [0, 0.05) is 43.1 Å². The van der Waals surface area contributed by atoms with E-state index in [-0.39, 0.29) is 35.1 Å². The summed E-state index contributed by atoms with van der Waals surface area (Å²) in [6.45, 7) is 2.50. The molecule has 0 radical (unpaired) electrons. The number of nitrogens with zero attached hydrogens (tertiary/aromatic N) is 2. The summed E-state index contributed by atoms with van der Waals surface area (Å²) in [4.78, 5) is 4.25. The smallest absolute Gasteiger partial charge is 0.214 e. The first kappa shape index (κ1) is 21.9. The summed E-state index contributed by atoms with van der Waals surface area (Å²) in [5.41, 5.74) is 1.52. The predicted octanol–water partition coefficient (Wildman–Crippen LogP) is 2.30. The van der Waals surface area contributed by atoms with Gasteiger partial charge in [0.25, 0.3) is 0 Å². The van der Waals surface area contributed by atoms with Gasteiger partial charge in [-0.3, -0.25) is 4.99 Å². The molecule has 0 atom stereocenters. The molecule has 1 aliphatic carbocycles. The second-order valence-electron chi connectivity index (χ2n) is 6.71. The van der Waals surface area contributed by atoms with Gasteiger partial charge in [-0.2, -0.15) is 0 Å². The Morgan fingerprint density at radius 3 is 2.69 bits per heavy atom. The summed E-state index contributed by atoms with van der Waals surface area (Å²) in [5, 5.41) is 6.61. The van der Waals surface area contributed by atoms with Crippen LogP contribution >= 0.6 is 39.9 Å². The molecule has 2 N–H and O–H groups in total. The Hall–Kier alpha value is -0.390. The highest BCUT2D eigenvalue weighted by Gasteiger charge is 2.44.